The third-order valence-corrected chi connectivity index (χ3v) is 11.0. The van der Waals surface area contributed by atoms with Crippen LogP contribution >= 0.6 is 22.7 Å². The first-order chi connectivity index (χ1) is 20.7. The minimum Gasteiger partial charge on any atom is -0.506 e. The summed E-state index contributed by atoms with van der Waals surface area (Å²) in [6.45, 7) is 10.7. The molecule has 3 aromatic rings. The monoisotopic (exact) mass is 630 g/mol. The predicted molar refractivity (Wildman–Crippen MR) is 174 cm³/mol. The van der Waals surface area contributed by atoms with E-state index in [-0.39, 0.29) is 22.1 Å². The Balaban J connectivity index is 0.932. The molecule has 1 amide bonds. The second kappa shape index (κ2) is 14.7. The lowest BCUT2D eigenvalue weighted by molar-refractivity contribution is -0.127. The number of unbranched alkanes of at least 4 members (excludes halogenated alkanes) is 4. The molecule has 0 aliphatic carbocycles. The highest BCUT2D eigenvalue weighted by Crippen LogP contribution is 2.33. The highest BCUT2D eigenvalue weighted by atomic mass is 32.1. The lowest BCUT2D eigenvalue weighted by atomic mass is 9.89. The van der Waals surface area contributed by atoms with Crippen molar-refractivity contribution in [2.45, 2.75) is 76.4 Å². The van der Waals surface area contributed by atoms with Crippen molar-refractivity contribution in [2.24, 2.45) is 0 Å². The number of H-pyrrole nitrogens is 1. The number of thiophene rings is 1. The van der Waals surface area contributed by atoms with E-state index in [1.54, 1.807) is 17.4 Å². The van der Waals surface area contributed by atoms with Gasteiger partial charge in [0.1, 0.15) is 11.3 Å². The second-order valence-electron chi connectivity index (χ2n) is 12.4. The van der Waals surface area contributed by atoms with E-state index in [4.69, 9.17) is 4.74 Å². The van der Waals surface area contributed by atoms with Crippen molar-refractivity contribution in [3.05, 3.63) is 49.3 Å². The van der Waals surface area contributed by atoms with E-state index in [9.17, 15) is 19.8 Å². The third kappa shape index (κ3) is 8.06. The van der Waals surface area contributed by atoms with Crippen LogP contribution in [0.2, 0.25) is 0 Å². The molecule has 9 nitrogen and oxygen atoms in total. The van der Waals surface area contributed by atoms with E-state index in [0.717, 1.165) is 68.8 Å². The van der Waals surface area contributed by atoms with Gasteiger partial charge in [-0.15, -0.1) is 11.3 Å². The fraction of sp³-hybridized carbons (Fsp3) is 0.625. The van der Waals surface area contributed by atoms with Gasteiger partial charge in [-0.3, -0.25) is 9.59 Å². The van der Waals surface area contributed by atoms with Gasteiger partial charge in [0.15, 0.2) is 0 Å². The Kier molecular flexibility index (Phi) is 11.0. The number of phenols is 1. The standard InChI is InChI=1S/C32H46N4O5S2/c1-22(2)27-18-23(20-42-27)30(39)36-16-17-41-32(21-36)10-14-35(15-11-32)13-7-5-3-4-6-12-33-19-26(38)24-8-9-25(37)28-29(24)43-31(40)34-28/h8-9,18,20,22,26,33,37-38H,3-7,10-17,19,21H2,1-2H3,(H,34,40)/t26-/m0/s1. The molecule has 0 radical (unpaired) electrons. The molecule has 2 aromatic heterocycles. The largest absolute Gasteiger partial charge is 0.506 e. The number of aromatic amines is 1. The first-order valence-corrected chi connectivity index (χ1v) is 17.4. The number of phenolic OH excluding ortho intramolecular Hbond substituents is 1. The molecule has 2 saturated heterocycles. The fourth-order valence-corrected chi connectivity index (χ4v) is 8.04. The van der Waals surface area contributed by atoms with E-state index >= 15 is 0 Å². The molecule has 236 valence electrons. The van der Waals surface area contributed by atoms with Gasteiger partial charge in [0.25, 0.3) is 5.91 Å². The van der Waals surface area contributed by atoms with Gasteiger partial charge in [0.2, 0.25) is 0 Å². The summed E-state index contributed by atoms with van der Waals surface area (Å²) in [6, 6.07) is 5.26. The number of aliphatic hydroxyl groups excluding tert-OH is 1. The Morgan fingerprint density at radius 3 is 2.67 bits per heavy atom. The zero-order valence-electron chi connectivity index (χ0n) is 25.4. The molecule has 11 heteroatoms. The summed E-state index contributed by atoms with van der Waals surface area (Å²) in [6.07, 6.45) is 7.02. The topological polar surface area (TPSA) is 118 Å². The average molecular weight is 631 g/mol. The summed E-state index contributed by atoms with van der Waals surface area (Å²) in [7, 11) is 0. The average Bonchev–Trinajstić information content (AvgIpc) is 3.65. The quantitative estimate of drug-likeness (QED) is 0.195. The Hall–Kier alpha value is -2.28. The number of amides is 1. The minimum atomic E-state index is -0.736. The van der Waals surface area contributed by atoms with Crippen LogP contribution in [0.5, 0.6) is 5.75 Å². The molecule has 2 aliphatic heterocycles. The second-order valence-corrected chi connectivity index (χ2v) is 14.3. The normalized spacial score (nSPS) is 18.2. The highest BCUT2D eigenvalue weighted by Gasteiger charge is 2.41. The first kappa shape index (κ1) is 32.1. The molecule has 2 aliphatic rings. The first-order valence-electron chi connectivity index (χ1n) is 15.7. The van der Waals surface area contributed by atoms with E-state index < -0.39 is 6.10 Å². The Morgan fingerprint density at radius 1 is 1.14 bits per heavy atom. The van der Waals surface area contributed by atoms with E-state index in [2.05, 4.69) is 35.1 Å². The lowest BCUT2D eigenvalue weighted by Crippen LogP contribution is -2.58. The zero-order chi connectivity index (χ0) is 30.4. The van der Waals surface area contributed by atoms with Crippen LogP contribution in [0.3, 0.4) is 0 Å². The summed E-state index contributed by atoms with van der Waals surface area (Å²) in [4.78, 5) is 33.1. The number of ether oxygens (including phenoxy) is 1. The fourth-order valence-electron chi connectivity index (χ4n) is 6.22. The van der Waals surface area contributed by atoms with E-state index in [1.807, 2.05) is 10.3 Å². The Labute approximate surface area is 261 Å². The number of benzene rings is 1. The summed E-state index contributed by atoms with van der Waals surface area (Å²) < 4.78 is 6.92. The SMILES string of the molecule is CC(C)c1cc(C(=O)N2CCOC3(CCN(CCCCCCCNC[C@H](O)c4ccc(O)c5[nH]c(=O)sc45)CC3)C2)cs1. The molecule has 2 fully saturated rings. The summed E-state index contributed by atoms with van der Waals surface area (Å²) in [5.74, 6) is 0.615. The smallest absolute Gasteiger partial charge is 0.305 e. The lowest BCUT2D eigenvalue weighted by Gasteiger charge is -2.47. The maximum Gasteiger partial charge on any atom is 0.305 e. The van der Waals surface area contributed by atoms with Crippen LogP contribution in [0.4, 0.5) is 0 Å². The summed E-state index contributed by atoms with van der Waals surface area (Å²) in [5.41, 5.74) is 1.68. The van der Waals surface area contributed by atoms with Gasteiger partial charge in [-0.1, -0.05) is 50.5 Å². The number of morpholine rings is 1. The number of fused-ring (bicyclic) bond motifs is 1. The number of piperidine rings is 1. The van der Waals surface area contributed by atoms with Crippen LogP contribution in [0.25, 0.3) is 10.2 Å². The van der Waals surface area contributed by atoms with Crippen molar-refractivity contribution in [1.29, 1.82) is 0 Å². The molecule has 5 rings (SSSR count). The molecule has 1 atom stereocenters. The van der Waals surface area contributed by atoms with Crippen molar-refractivity contribution in [3.63, 3.8) is 0 Å². The molecule has 4 heterocycles. The Morgan fingerprint density at radius 2 is 1.91 bits per heavy atom. The number of aromatic nitrogens is 1. The summed E-state index contributed by atoms with van der Waals surface area (Å²) in [5, 5.41) is 25.9. The van der Waals surface area contributed by atoms with Gasteiger partial charge >= 0.3 is 4.87 Å². The van der Waals surface area contributed by atoms with Crippen molar-refractivity contribution >= 4 is 38.8 Å². The minimum absolute atomic E-state index is 0.0225. The van der Waals surface area contributed by atoms with Gasteiger partial charge < -0.3 is 35.1 Å². The van der Waals surface area contributed by atoms with Crippen molar-refractivity contribution in [3.8, 4) is 5.75 Å². The number of carbonyl (C=O) groups is 1. The number of hydrogen-bond donors (Lipinski definition) is 4. The van der Waals surface area contributed by atoms with Crippen LogP contribution in [0.15, 0.2) is 28.4 Å². The Bertz CT molecular complexity index is 1410. The number of rotatable bonds is 13. The van der Waals surface area contributed by atoms with Gasteiger partial charge in [0.05, 0.1) is 35.1 Å². The van der Waals surface area contributed by atoms with E-state index in [1.165, 1.54) is 30.2 Å². The maximum absolute atomic E-state index is 13.2. The number of aromatic hydroxyl groups is 1. The molecule has 4 N–H and O–H groups in total. The van der Waals surface area contributed by atoms with Crippen LogP contribution in [0.1, 0.15) is 91.6 Å². The molecule has 43 heavy (non-hydrogen) atoms. The number of carbonyl (C=O) groups excluding carboxylic acids is 1. The number of nitrogens with one attached hydrogen (secondary N) is 2. The maximum atomic E-state index is 13.2. The van der Waals surface area contributed by atoms with Crippen LogP contribution in [-0.2, 0) is 4.74 Å². The molecule has 1 aromatic carbocycles. The molecule has 0 unspecified atom stereocenters. The van der Waals surface area contributed by atoms with Gasteiger partial charge in [0, 0.05) is 42.0 Å². The molecular weight excluding hydrogens is 585 g/mol. The van der Waals surface area contributed by atoms with Crippen LogP contribution in [-0.4, -0.2) is 88.9 Å². The number of thiazole rings is 1. The third-order valence-electron chi connectivity index (χ3n) is 8.85. The number of hydrogen-bond acceptors (Lipinski definition) is 9. The number of likely N-dealkylation sites (tertiary alicyclic amines) is 1. The van der Waals surface area contributed by atoms with Crippen LogP contribution < -0.4 is 10.2 Å². The summed E-state index contributed by atoms with van der Waals surface area (Å²) >= 11 is 2.69. The van der Waals surface area contributed by atoms with Crippen molar-refractivity contribution < 1.29 is 19.7 Å². The van der Waals surface area contributed by atoms with Crippen molar-refractivity contribution in [1.82, 2.24) is 20.1 Å². The van der Waals surface area contributed by atoms with Gasteiger partial charge in [-0.05, 0) is 56.8 Å². The molecule has 0 saturated carbocycles. The van der Waals surface area contributed by atoms with Gasteiger partial charge in [-0.25, -0.2) is 0 Å². The highest BCUT2D eigenvalue weighted by molar-refractivity contribution is 7.16. The molecular formula is C32H46N4O5S2. The molecule has 1 spiro atoms. The number of nitrogens with zero attached hydrogens (tertiary/aromatic N) is 2. The van der Waals surface area contributed by atoms with E-state index in [0.29, 0.717) is 47.9 Å². The van der Waals surface area contributed by atoms with Gasteiger partial charge in [-0.2, -0.15) is 0 Å². The van der Waals surface area contributed by atoms with Crippen LogP contribution in [0, 0.1) is 0 Å². The van der Waals surface area contributed by atoms with Crippen molar-refractivity contribution in [2.75, 3.05) is 52.4 Å². The zero-order valence-corrected chi connectivity index (χ0v) is 27.0. The molecule has 0 bridgehead atoms. The number of aliphatic hydroxyl groups is 1. The predicted octanol–water partition coefficient (Wildman–Crippen LogP) is 5.06.